The highest BCUT2D eigenvalue weighted by molar-refractivity contribution is 5.79. The summed E-state index contributed by atoms with van der Waals surface area (Å²) < 4.78 is 0. The maximum absolute atomic E-state index is 12.6. The zero-order chi connectivity index (χ0) is 15.4. The molecule has 22 heavy (non-hydrogen) atoms. The minimum atomic E-state index is 0.208. The van der Waals surface area contributed by atoms with E-state index in [1.165, 1.54) is 0 Å². The number of amides is 1. The van der Waals surface area contributed by atoms with E-state index in [2.05, 4.69) is 39.2 Å². The molecular formula is C17H24N4O. The second-order valence-corrected chi connectivity index (χ2v) is 6.23. The van der Waals surface area contributed by atoms with Crippen LogP contribution in [0.1, 0.15) is 32.1 Å². The van der Waals surface area contributed by atoms with Crippen LogP contribution >= 0.6 is 0 Å². The Balaban J connectivity index is 1.54. The molecule has 0 saturated carbocycles. The van der Waals surface area contributed by atoms with Gasteiger partial charge >= 0.3 is 0 Å². The summed E-state index contributed by atoms with van der Waals surface area (Å²) in [5, 5.41) is 8.11. The van der Waals surface area contributed by atoms with Crippen LogP contribution in [-0.4, -0.2) is 47.2 Å². The van der Waals surface area contributed by atoms with Gasteiger partial charge in [-0.25, -0.2) is 0 Å². The number of carbonyl (C=O) groups excluding carboxylic acids is 1. The van der Waals surface area contributed by atoms with Crippen LogP contribution in [0.5, 0.6) is 0 Å². The fourth-order valence-electron chi connectivity index (χ4n) is 3.42. The van der Waals surface area contributed by atoms with Gasteiger partial charge in [0.25, 0.3) is 0 Å². The number of hydrogen-bond acceptors (Lipinski definition) is 4. The van der Waals surface area contributed by atoms with E-state index in [1.807, 2.05) is 12.1 Å². The lowest BCUT2D eigenvalue weighted by molar-refractivity contribution is -0.136. The Labute approximate surface area is 132 Å². The van der Waals surface area contributed by atoms with Crippen LogP contribution in [0.4, 0.5) is 5.82 Å². The van der Waals surface area contributed by atoms with Gasteiger partial charge in [-0.2, -0.15) is 5.10 Å². The fourth-order valence-corrected chi connectivity index (χ4v) is 3.42. The molecule has 0 N–H and O–H groups in total. The first-order chi connectivity index (χ1) is 10.8. The van der Waals surface area contributed by atoms with Gasteiger partial charge in [0, 0.05) is 38.3 Å². The van der Waals surface area contributed by atoms with Gasteiger partial charge in [0.15, 0.2) is 5.82 Å². The molecule has 1 aromatic rings. The predicted molar refractivity (Wildman–Crippen MR) is 86.5 cm³/mol. The highest BCUT2D eigenvalue weighted by Gasteiger charge is 2.29. The molecule has 5 heteroatoms. The minimum Gasteiger partial charge on any atom is -0.355 e. The third-order valence-corrected chi connectivity index (χ3v) is 4.86. The van der Waals surface area contributed by atoms with Gasteiger partial charge in [0.2, 0.25) is 5.91 Å². The zero-order valence-electron chi connectivity index (χ0n) is 13.2. The van der Waals surface area contributed by atoms with Gasteiger partial charge in [-0.05, 0) is 44.2 Å². The quantitative estimate of drug-likeness (QED) is 0.804. The molecule has 1 amide bonds. The van der Waals surface area contributed by atoms with Gasteiger partial charge in [-0.3, -0.25) is 4.79 Å². The van der Waals surface area contributed by atoms with Gasteiger partial charge in [0.1, 0.15) is 0 Å². The molecule has 0 spiro atoms. The van der Waals surface area contributed by atoms with Crippen molar-refractivity contribution >= 4 is 11.7 Å². The van der Waals surface area contributed by atoms with Crippen LogP contribution in [0.15, 0.2) is 30.5 Å². The van der Waals surface area contributed by atoms with Crippen molar-refractivity contribution in [2.24, 2.45) is 5.92 Å². The molecule has 1 fully saturated rings. The molecule has 1 aliphatic carbocycles. The number of nitrogens with zero attached hydrogens (tertiary/aromatic N) is 4. The molecule has 2 aliphatic rings. The number of rotatable bonds is 3. The zero-order valence-corrected chi connectivity index (χ0v) is 13.2. The normalized spacial score (nSPS) is 22.6. The van der Waals surface area contributed by atoms with E-state index in [1.54, 1.807) is 6.20 Å². The molecule has 5 nitrogen and oxygen atoms in total. The minimum absolute atomic E-state index is 0.208. The van der Waals surface area contributed by atoms with Crippen molar-refractivity contribution in [2.45, 2.75) is 38.1 Å². The van der Waals surface area contributed by atoms with Crippen LogP contribution in [0.3, 0.4) is 0 Å². The second-order valence-electron chi connectivity index (χ2n) is 6.23. The molecular weight excluding hydrogens is 276 g/mol. The van der Waals surface area contributed by atoms with Crippen molar-refractivity contribution in [3.05, 3.63) is 30.5 Å². The van der Waals surface area contributed by atoms with E-state index in [0.717, 1.165) is 51.0 Å². The Bertz CT molecular complexity index is 523. The standard InChI is InChI=1S/C17H24N4O/c1-20(16-8-5-11-18-19-16)15-9-12-21(13-10-15)17(22)14-6-3-2-4-7-14/h2-3,5,8,11,14-15H,4,6-7,9-10,12-13H2,1H3. The van der Waals surface area contributed by atoms with E-state index in [9.17, 15) is 4.79 Å². The molecule has 2 heterocycles. The van der Waals surface area contributed by atoms with Crippen LogP contribution in [0.25, 0.3) is 0 Å². The summed E-state index contributed by atoms with van der Waals surface area (Å²) in [6.07, 6.45) is 11.0. The van der Waals surface area contributed by atoms with Crippen molar-refractivity contribution in [3.63, 3.8) is 0 Å². The summed E-state index contributed by atoms with van der Waals surface area (Å²) in [6, 6.07) is 4.33. The summed E-state index contributed by atoms with van der Waals surface area (Å²) in [5.41, 5.74) is 0. The Morgan fingerprint density at radius 3 is 2.73 bits per heavy atom. The van der Waals surface area contributed by atoms with Crippen molar-refractivity contribution in [2.75, 3.05) is 25.0 Å². The molecule has 0 radical (unpaired) electrons. The van der Waals surface area contributed by atoms with Gasteiger partial charge in [-0.1, -0.05) is 12.2 Å². The van der Waals surface area contributed by atoms with Crippen LogP contribution < -0.4 is 4.90 Å². The first-order valence-corrected chi connectivity index (χ1v) is 8.20. The van der Waals surface area contributed by atoms with Crippen molar-refractivity contribution in [1.29, 1.82) is 0 Å². The molecule has 0 bridgehead atoms. The lowest BCUT2D eigenvalue weighted by atomic mass is 9.92. The van der Waals surface area contributed by atoms with Crippen LogP contribution in [-0.2, 0) is 4.79 Å². The molecule has 118 valence electrons. The Morgan fingerprint density at radius 2 is 2.09 bits per heavy atom. The number of likely N-dealkylation sites (tertiary alicyclic amines) is 1. The summed E-state index contributed by atoms with van der Waals surface area (Å²) in [6.45, 7) is 1.71. The second kappa shape index (κ2) is 6.90. The predicted octanol–water partition coefficient (Wildman–Crippen LogP) is 2.26. The smallest absolute Gasteiger partial charge is 0.226 e. The molecule has 1 saturated heterocycles. The average molecular weight is 300 g/mol. The summed E-state index contributed by atoms with van der Waals surface area (Å²) in [7, 11) is 2.07. The molecule has 1 aliphatic heterocycles. The lowest BCUT2D eigenvalue weighted by Crippen LogP contribution is -2.47. The van der Waals surface area contributed by atoms with Crippen LogP contribution in [0, 0.1) is 5.92 Å². The van der Waals surface area contributed by atoms with Crippen LogP contribution in [0.2, 0.25) is 0 Å². The number of aromatic nitrogens is 2. The molecule has 1 atom stereocenters. The molecule has 0 aromatic carbocycles. The third-order valence-electron chi connectivity index (χ3n) is 4.86. The fraction of sp³-hybridized carbons (Fsp3) is 0.588. The first-order valence-electron chi connectivity index (χ1n) is 8.20. The highest BCUT2D eigenvalue weighted by atomic mass is 16.2. The van der Waals surface area contributed by atoms with E-state index in [0.29, 0.717) is 11.9 Å². The number of carbonyl (C=O) groups is 1. The van der Waals surface area contributed by atoms with Gasteiger partial charge in [-0.15, -0.1) is 5.10 Å². The highest BCUT2D eigenvalue weighted by Crippen LogP contribution is 2.24. The lowest BCUT2D eigenvalue weighted by Gasteiger charge is -2.38. The van der Waals surface area contributed by atoms with E-state index < -0.39 is 0 Å². The number of anilines is 1. The Morgan fingerprint density at radius 1 is 1.27 bits per heavy atom. The van der Waals surface area contributed by atoms with E-state index >= 15 is 0 Å². The SMILES string of the molecule is CN(c1cccnn1)C1CCN(C(=O)C2CC=CCC2)CC1. The summed E-state index contributed by atoms with van der Waals surface area (Å²) in [4.78, 5) is 16.8. The van der Waals surface area contributed by atoms with Gasteiger partial charge in [0.05, 0.1) is 0 Å². The summed E-state index contributed by atoms with van der Waals surface area (Å²) >= 11 is 0. The van der Waals surface area contributed by atoms with E-state index in [-0.39, 0.29) is 5.92 Å². The van der Waals surface area contributed by atoms with Crippen molar-refractivity contribution in [1.82, 2.24) is 15.1 Å². The maximum atomic E-state index is 12.6. The molecule has 1 unspecified atom stereocenters. The average Bonchev–Trinajstić information content (AvgIpc) is 2.62. The first kappa shape index (κ1) is 15.0. The van der Waals surface area contributed by atoms with E-state index in [4.69, 9.17) is 0 Å². The molecule has 1 aromatic heterocycles. The third kappa shape index (κ3) is 3.29. The summed E-state index contributed by atoms with van der Waals surface area (Å²) in [5.74, 6) is 1.47. The maximum Gasteiger partial charge on any atom is 0.226 e. The monoisotopic (exact) mass is 300 g/mol. The Hall–Kier alpha value is -1.91. The number of hydrogen-bond donors (Lipinski definition) is 0. The van der Waals surface area contributed by atoms with Gasteiger partial charge < -0.3 is 9.80 Å². The number of allylic oxidation sites excluding steroid dienone is 2. The largest absolute Gasteiger partial charge is 0.355 e. The number of piperidine rings is 1. The Kier molecular flexibility index (Phi) is 4.71. The van der Waals surface area contributed by atoms with Crippen molar-refractivity contribution in [3.8, 4) is 0 Å². The van der Waals surface area contributed by atoms with Crippen molar-refractivity contribution < 1.29 is 4.79 Å². The topological polar surface area (TPSA) is 49.3 Å². The molecule has 3 rings (SSSR count).